The molecule has 0 N–H and O–H groups in total. The third-order valence-electron chi connectivity index (χ3n) is 2.47. The van der Waals surface area contributed by atoms with E-state index in [9.17, 15) is 0 Å². The zero-order valence-corrected chi connectivity index (χ0v) is 9.59. The first-order chi connectivity index (χ1) is 7.83. The standard InChI is InChI=1S/C8H16B2O6/c1-11-3-7-5-13-9(15-7)10-14-6-8(16-10)4-12-2/h7-8H,3-6H2,1-2H3. The molecular weight excluding hydrogens is 214 g/mol. The summed E-state index contributed by atoms with van der Waals surface area (Å²) in [6, 6.07) is 0. The van der Waals surface area contributed by atoms with Crippen molar-refractivity contribution < 1.29 is 28.1 Å². The molecule has 2 aliphatic rings. The summed E-state index contributed by atoms with van der Waals surface area (Å²) in [4.78, 5) is 0. The molecule has 2 aliphatic heterocycles. The molecule has 2 rings (SSSR count). The highest BCUT2D eigenvalue weighted by molar-refractivity contribution is 7.11. The van der Waals surface area contributed by atoms with Gasteiger partial charge in [-0.15, -0.1) is 0 Å². The minimum Gasteiger partial charge on any atom is -0.410 e. The first-order valence-corrected chi connectivity index (χ1v) is 5.35. The van der Waals surface area contributed by atoms with Gasteiger partial charge in [0.15, 0.2) is 0 Å². The van der Waals surface area contributed by atoms with Crippen LogP contribution >= 0.6 is 0 Å². The molecule has 8 heteroatoms. The van der Waals surface area contributed by atoms with Crippen LogP contribution in [0.1, 0.15) is 0 Å². The summed E-state index contributed by atoms with van der Waals surface area (Å²) >= 11 is 0. The molecular formula is C8H16B2O6. The fourth-order valence-electron chi connectivity index (χ4n) is 1.77. The van der Waals surface area contributed by atoms with Gasteiger partial charge in [-0.3, -0.25) is 0 Å². The van der Waals surface area contributed by atoms with Crippen molar-refractivity contribution in [1.82, 2.24) is 0 Å². The third kappa shape index (κ3) is 2.97. The quantitative estimate of drug-likeness (QED) is 0.574. The molecule has 2 atom stereocenters. The van der Waals surface area contributed by atoms with Crippen LogP contribution in [0.2, 0.25) is 0 Å². The summed E-state index contributed by atoms with van der Waals surface area (Å²) in [5, 5.41) is 0. The largest absolute Gasteiger partial charge is 0.488 e. The second kappa shape index (κ2) is 6.00. The second-order valence-corrected chi connectivity index (χ2v) is 3.83. The maximum Gasteiger partial charge on any atom is 0.488 e. The van der Waals surface area contributed by atoms with Crippen molar-refractivity contribution in [3.8, 4) is 0 Å². The lowest BCUT2D eigenvalue weighted by molar-refractivity contribution is 0.0909. The van der Waals surface area contributed by atoms with E-state index < -0.39 is 14.0 Å². The van der Waals surface area contributed by atoms with Crippen molar-refractivity contribution >= 4 is 14.0 Å². The monoisotopic (exact) mass is 230 g/mol. The number of ether oxygens (including phenoxy) is 2. The highest BCUT2D eigenvalue weighted by Gasteiger charge is 2.49. The topological polar surface area (TPSA) is 55.4 Å². The number of hydrogen-bond donors (Lipinski definition) is 0. The second-order valence-electron chi connectivity index (χ2n) is 3.83. The summed E-state index contributed by atoms with van der Waals surface area (Å²) < 4.78 is 32.0. The molecule has 0 aromatic heterocycles. The first kappa shape index (κ1) is 12.3. The van der Waals surface area contributed by atoms with Crippen molar-refractivity contribution in [2.45, 2.75) is 12.2 Å². The Bertz CT molecular complexity index is 197. The van der Waals surface area contributed by atoms with E-state index in [1.54, 1.807) is 14.2 Å². The van der Waals surface area contributed by atoms with Crippen LogP contribution in [0.15, 0.2) is 0 Å². The molecule has 0 amide bonds. The average Bonchev–Trinajstić information content (AvgIpc) is 2.87. The van der Waals surface area contributed by atoms with Crippen LogP contribution in [0.4, 0.5) is 0 Å². The van der Waals surface area contributed by atoms with Crippen molar-refractivity contribution in [2.24, 2.45) is 0 Å². The highest BCUT2D eigenvalue weighted by atomic mass is 16.7. The molecule has 6 nitrogen and oxygen atoms in total. The zero-order valence-electron chi connectivity index (χ0n) is 9.59. The van der Waals surface area contributed by atoms with E-state index in [1.165, 1.54) is 0 Å². The average molecular weight is 230 g/mol. The molecule has 0 bridgehead atoms. The van der Waals surface area contributed by atoms with Crippen LogP contribution in [0.3, 0.4) is 0 Å². The molecule has 16 heavy (non-hydrogen) atoms. The van der Waals surface area contributed by atoms with Crippen LogP contribution in [0.25, 0.3) is 0 Å². The molecule has 0 saturated carbocycles. The minimum atomic E-state index is -0.456. The van der Waals surface area contributed by atoms with Crippen LogP contribution in [-0.2, 0) is 28.1 Å². The normalized spacial score (nSPS) is 30.4. The number of methoxy groups -OCH3 is 2. The number of hydrogen-bond acceptors (Lipinski definition) is 6. The van der Waals surface area contributed by atoms with Gasteiger partial charge in [0.05, 0.1) is 38.6 Å². The Hall–Kier alpha value is -0.110. The van der Waals surface area contributed by atoms with E-state index in [0.29, 0.717) is 26.4 Å². The van der Waals surface area contributed by atoms with Crippen molar-refractivity contribution in [3.05, 3.63) is 0 Å². The lowest BCUT2D eigenvalue weighted by atomic mass is 9.49. The van der Waals surface area contributed by atoms with Gasteiger partial charge in [0.2, 0.25) is 0 Å². The van der Waals surface area contributed by atoms with Gasteiger partial charge in [-0.05, 0) is 0 Å². The predicted octanol–water partition coefficient (Wildman–Crippen LogP) is -0.835. The van der Waals surface area contributed by atoms with Gasteiger partial charge in [0.1, 0.15) is 0 Å². The third-order valence-corrected chi connectivity index (χ3v) is 2.47. The molecule has 2 saturated heterocycles. The molecule has 2 fully saturated rings. The maximum absolute atomic E-state index is 5.57. The van der Waals surface area contributed by atoms with E-state index in [4.69, 9.17) is 28.1 Å². The Labute approximate surface area is 95.7 Å². The van der Waals surface area contributed by atoms with E-state index in [1.807, 2.05) is 0 Å². The molecule has 0 aromatic carbocycles. The SMILES string of the molecule is COCC1COB(B2OCC(COC)O2)O1. The highest BCUT2D eigenvalue weighted by Crippen LogP contribution is 2.17. The van der Waals surface area contributed by atoms with Crippen molar-refractivity contribution in [1.29, 1.82) is 0 Å². The Morgan fingerprint density at radius 3 is 1.75 bits per heavy atom. The predicted molar refractivity (Wildman–Crippen MR) is 56.9 cm³/mol. The zero-order chi connectivity index (χ0) is 11.4. The molecule has 90 valence electrons. The fraction of sp³-hybridized carbons (Fsp3) is 1.00. The Morgan fingerprint density at radius 1 is 0.938 bits per heavy atom. The van der Waals surface area contributed by atoms with Gasteiger partial charge in [-0.2, -0.15) is 0 Å². The molecule has 0 spiro atoms. The molecule has 2 unspecified atom stereocenters. The van der Waals surface area contributed by atoms with E-state index in [0.717, 1.165) is 0 Å². The summed E-state index contributed by atoms with van der Waals surface area (Å²) in [7, 11) is 2.35. The lowest BCUT2D eigenvalue weighted by Gasteiger charge is -2.10. The molecule has 0 aliphatic carbocycles. The Kier molecular flexibility index (Phi) is 4.63. The number of rotatable bonds is 5. The molecule has 0 aromatic rings. The minimum absolute atomic E-state index is 0.0383. The van der Waals surface area contributed by atoms with Crippen molar-refractivity contribution in [3.63, 3.8) is 0 Å². The maximum atomic E-state index is 5.57. The van der Waals surface area contributed by atoms with Gasteiger partial charge in [-0.1, -0.05) is 0 Å². The van der Waals surface area contributed by atoms with E-state index in [-0.39, 0.29) is 12.2 Å². The summed E-state index contributed by atoms with van der Waals surface area (Å²) in [5.74, 6) is 0. The molecule has 0 radical (unpaired) electrons. The van der Waals surface area contributed by atoms with Crippen molar-refractivity contribution in [2.75, 3.05) is 40.6 Å². The first-order valence-electron chi connectivity index (χ1n) is 5.35. The smallest absolute Gasteiger partial charge is 0.410 e. The summed E-state index contributed by atoms with van der Waals surface area (Å²) in [5.41, 5.74) is 0. The van der Waals surface area contributed by atoms with Gasteiger partial charge < -0.3 is 28.1 Å². The fourth-order valence-corrected chi connectivity index (χ4v) is 1.77. The van der Waals surface area contributed by atoms with Gasteiger partial charge in [-0.25, -0.2) is 0 Å². The lowest BCUT2D eigenvalue weighted by Crippen LogP contribution is -2.40. The van der Waals surface area contributed by atoms with Gasteiger partial charge >= 0.3 is 14.0 Å². The van der Waals surface area contributed by atoms with Gasteiger partial charge in [0, 0.05) is 14.2 Å². The van der Waals surface area contributed by atoms with E-state index in [2.05, 4.69) is 0 Å². The van der Waals surface area contributed by atoms with Crippen LogP contribution in [-0.4, -0.2) is 66.9 Å². The summed E-state index contributed by atoms with van der Waals surface area (Å²) in [6.45, 7) is 2.06. The Balaban J connectivity index is 1.73. The van der Waals surface area contributed by atoms with E-state index >= 15 is 0 Å². The molecule has 2 heterocycles. The van der Waals surface area contributed by atoms with Crippen LogP contribution in [0.5, 0.6) is 0 Å². The van der Waals surface area contributed by atoms with Gasteiger partial charge in [0.25, 0.3) is 0 Å². The van der Waals surface area contributed by atoms with Crippen LogP contribution in [0, 0.1) is 0 Å². The summed E-state index contributed by atoms with van der Waals surface area (Å²) in [6.07, 6.45) is -0.0765. The Morgan fingerprint density at radius 2 is 1.38 bits per heavy atom. The van der Waals surface area contributed by atoms with Crippen LogP contribution < -0.4 is 0 Å².